The van der Waals surface area contributed by atoms with Gasteiger partial charge in [-0.2, -0.15) is 0 Å². The number of amides is 2. The van der Waals surface area contributed by atoms with Crippen molar-refractivity contribution in [3.05, 3.63) is 60.2 Å². The van der Waals surface area contributed by atoms with Gasteiger partial charge in [0.15, 0.2) is 0 Å². The molecule has 2 unspecified atom stereocenters. The molecule has 0 heterocycles. The van der Waals surface area contributed by atoms with Gasteiger partial charge in [0.1, 0.15) is 17.5 Å². The van der Waals surface area contributed by atoms with Crippen molar-refractivity contribution >= 4 is 12.0 Å². The summed E-state index contributed by atoms with van der Waals surface area (Å²) >= 11 is 0. The Morgan fingerprint density at radius 1 is 0.889 bits per heavy atom. The molecule has 0 radical (unpaired) electrons. The molecule has 6 nitrogen and oxygen atoms in total. The van der Waals surface area contributed by atoms with Crippen molar-refractivity contribution in [2.45, 2.75) is 32.9 Å². The molecule has 2 aromatic rings. The number of carbonyl (C=O) groups excluding carboxylic acids is 2. The Balaban J connectivity index is 2.14. The molecule has 0 aliphatic rings. The molecule has 0 saturated carbocycles. The van der Waals surface area contributed by atoms with Crippen molar-refractivity contribution in [2.24, 2.45) is 5.92 Å². The normalized spacial score (nSPS) is 12.8. The Kier molecular flexibility index (Phi) is 7.23. The molecule has 0 bridgehead atoms. The molecule has 0 saturated heterocycles. The zero-order valence-electron chi connectivity index (χ0n) is 16.1. The summed E-state index contributed by atoms with van der Waals surface area (Å²) in [6.45, 7) is 5.59. The summed E-state index contributed by atoms with van der Waals surface area (Å²) < 4.78 is 10.6. The van der Waals surface area contributed by atoms with Gasteiger partial charge in [0.25, 0.3) is 0 Å². The van der Waals surface area contributed by atoms with E-state index in [1.807, 2.05) is 75.4 Å². The number of hydrogen-bond donors (Lipinski definition) is 2. The van der Waals surface area contributed by atoms with Gasteiger partial charge in [-0.1, -0.05) is 50.2 Å². The minimum Gasteiger partial charge on any atom is -0.457 e. The molecule has 0 aliphatic heterocycles. The van der Waals surface area contributed by atoms with E-state index in [9.17, 15) is 9.59 Å². The summed E-state index contributed by atoms with van der Waals surface area (Å²) in [6.07, 6.45) is -0.635. The number of methoxy groups -OCH3 is 1. The van der Waals surface area contributed by atoms with Gasteiger partial charge >= 0.3 is 6.09 Å². The molecule has 0 fully saturated rings. The molecule has 2 aromatic carbocycles. The monoisotopic (exact) mass is 370 g/mol. The minimum atomic E-state index is -0.692. The predicted octanol–water partition coefficient (Wildman–Crippen LogP) is 4.04. The first-order valence-electron chi connectivity index (χ1n) is 8.89. The highest BCUT2D eigenvalue weighted by Crippen LogP contribution is 2.29. The third-order valence-electron chi connectivity index (χ3n) is 4.12. The van der Waals surface area contributed by atoms with Gasteiger partial charge < -0.3 is 20.1 Å². The van der Waals surface area contributed by atoms with Crippen LogP contribution in [0, 0.1) is 5.92 Å². The average molecular weight is 370 g/mol. The lowest BCUT2D eigenvalue weighted by atomic mass is 10.0. The molecule has 6 heteroatoms. The second-order valence-corrected chi connectivity index (χ2v) is 6.54. The third kappa shape index (κ3) is 5.74. The zero-order chi connectivity index (χ0) is 19.8. The molecular weight excluding hydrogens is 344 g/mol. The van der Waals surface area contributed by atoms with Gasteiger partial charge in [-0.05, 0) is 31.0 Å². The first-order valence-corrected chi connectivity index (χ1v) is 8.89. The lowest BCUT2D eigenvalue weighted by molar-refractivity contribution is -0.124. The summed E-state index contributed by atoms with van der Waals surface area (Å²) in [5.74, 6) is 1.01. The highest BCUT2D eigenvalue weighted by atomic mass is 16.5. The van der Waals surface area contributed by atoms with Crippen LogP contribution in [-0.4, -0.2) is 25.2 Å². The number of para-hydroxylation sites is 2. The van der Waals surface area contributed by atoms with Gasteiger partial charge in [0, 0.05) is 5.56 Å². The quantitative estimate of drug-likeness (QED) is 0.771. The number of nitrogens with one attached hydrogen (secondary N) is 2. The standard InChI is InChI=1S/C21H26N2O4/c1-14(2)19(23-21(25)26-4)20(24)22-15(3)17-12-8-9-13-18(17)27-16-10-6-5-7-11-16/h5-15,19H,1-4H3,(H,22,24)(H,23,25). The number of carbonyl (C=O) groups is 2. The van der Waals surface area contributed by atoms with Gasteiger partial charge in [-0.25, -0.2) is 4.79 Å². The molecular formula is C21H26N2O4. The van der Waals surface area contributed by atoms with Crippen LogP contribution in [0.2, 0.25) is 0 Å². The summed E-state index contributed by atoms with van der Waals surface area (Å²) in [7, 11) is 1.27. The van der Waals surface area contributed by atoms with E-state index < -0.39 is 12.1 Å². The van der Waals surface area contributed by atoms with E-state index in [0.29, 0.717) is 5.75 Å². The summed E-state index contributed by atoms with van der Waals surface area (Å²) in [5, 5.41) is 5.52. The van der Waals surface area contributed by atoms with Crippen molar-refractivity contribution in [3.8, 4) is 11.5 Å². The predicted molar refractivity (Wildman–Crippen MR) is 104 cm³/mol. The van der Waals surface area contributed by atoms with Crippen molar-refractivity contribution in [3.63, 3.8) is 0 Å². The Hall–Kier alpha value is -3.02. The third-order valence-corrected chi connectivity index (χ3v) is 4.12. The summed E-state index contributed by atoms with van der Waals surface area (Å²) in [5.41, 5.74) is 0.843. The van der Waals surface area contributed by atoms with Gasteiger partial charge in [0.05, 0.1) is 13.2 Å². The van der Waals surface area contributed by atoms with Crippen molar-refractivity contribution < 1.29 is 19.1 Å². The maximum atomic E-state index is 12.7. The van der Waals surface area contributed by atoms with Crippen LogP contribution in [0.4, 0.5) is 4.79 Å². The van der Waals surface area contributed by atoms with Crippen LogP contribution in [0.5, 0.6) is 11.5 Å². The van der Waals surface area contributed by atoms with Crippen molar-refractivity contribution in [1.82, 2.24) is 10.6 Å². The molecule has 0 spiro atoms. The lowest BCUT2D eigenvalue weighted by Gasteiger charge is -2.24. The Morgan fingerprint density at radius 3 is 2.15 bits per heavy atom. The van der Waals surface area contributed by atoms with Crippen molar-refractivity contribution in [2.75, 3.05) is 7.11 Å². The lowest BCUT2D eigenvalue weighted by Crippen LogP contribution is -2.50. The molecule has 27 heavy (non-hydrogen) atoms. The maximum absolute atomic E-state index is 12.7. The SMILES string of the molecule is COC(=O)NC(C(=O)NC(C)c1ccccc1Oc1ccccc1)C(C)C. The van der Waals surface area contributed by atoms with E-state index in [1.165, 1.54) is 7.11 Å². The topological polar surface area (TPSA) is 76.7 Å². The average Bonchev–Trinajstić information content (AvgIpc) is 2.66. The van der Waals surface area contributed by atoms with Crippen LogP contribution in [0.25, 0.3) is 0 Å². The van der Waals surface area contributed by atoms with E-state index in [-0.39, 0.29) is 17.9 Å². The van der Waals surface area contributed by atoms with Gasteiger partial charge in [0.2, 0.25) is 5.91 Å². The molecule has 2 N–H and O–H groups in total. The van der Waals surface area contributed by atoms with E-state index in [0.717, 1.165) is 11.3 Å². The Bertz CT molecular complexity index is 762. The van der Waals surface area contributed by atoms with Gasteiger partial charge in [-0.15, -0.1) is 0 Å². The van der Waals surface area contributed by atoms with Gasteiger partial charge in [-0.3, -0.25) is 4.79 Å². The second kappa shape index (κ2) is 9.62. The number of ether oxygens (including phenoxy) is 2. The zero-order valence-corrected chi connectivity index (χ0v) is 16.1. The molecule has 2 amide bonds. The second-order valence-electron chi connectivity index (χ2n) is 6.54. The van der Waals surface area contributed by atoms with E-state index >= 15 is 0 Å². The number of rotatable bonds is 7. The summed E-state index contributed by atoms with van der Waals surface area (Å²) in [6, 6.07) is 16.0. The van der Waals surface area contributed by atoms with E-state index in [2.05, 4.69) is 15.4 Å². The minimum absolute atomic E-state index is 0.0906. The fourth-order valence-corrected chi connectivity index (χ4v) is 2.65. The molecule has 2 rings (SSSR count). The fraction of sp³-hybridized carbons (Fsp3) is 0.333. The number of benzene rings is 2. The fourth-order valence-electron chi connectivity index (χ4n) is 2.65. The van der Waals surface area contributed by atoms with Crippen LogP contribution < -0.4 is 15.4 Å². The van der Waals surface area contributed by atoms with Crippen LogP contribution in [-0.2, 0) is 9.53 Å². The molecule has 0 aromatic heterocycles. The Labute approximate surface area is 159 Å². The highest BCUT2D eigenvalue weighted by Gasteiger charge is 2.26. The Morgan fingerprint density at radius 2 is 1.52 bits per heavy atom. The van der Waals surface area contributed by atoms with Crippen LogP contribution in [0.3, 0.4) is 0 Å². The first-order chi connectivity index (χ1) is 12.9. The largest absolute Gasteiger partial charge is 0.457 e. The van der Waals surface area contributed by atoms with E-state index in [4.69, 9.17) is 4.74 Å². The highest BCUT2D eigenvalue weighted by molar-refractivity contribution is 5.86. The van der Waals surface area contributed by atoms with Crippen molar-refractivity contribution in [1.29, 1.82) is 0 Å². The van der Waals surface area contributed by atoms with Crippen LogP contribution >= 0.6 is 0 Å². The number of alkyl carbamates (subject to hydrolysis) is 1. The van der Waals surface area contributed by atoms with Crippen LogP contribution in [0.1, 0.15) is 32.4 Å². The number of hydrogen-bond acceptors (Lipinski definition) is 4. The molecule has 2 atom stereocenters. The van der Waals surface area contributed by atoms with Crippen LogP contribution in [0.15, 0.2) is 54.6 Å². The smallest absolute Gasteiger partial charge is 0.407 e. The molecule has 0 aliphatic carbocycles. The first kappa shape index (κ1) is 20.3. The molecule has 144 valence electrons. The van der Waals surface area contributed by atoms with E-state index in [1.54, 1.807) is 0 Å². The maximum Gasteiger partial charge on any atom is 0.407 e. The summed E-state index contributed by atoms with van der Waals surface area (Å²) in [4.78, 5) is 24.2.